The summed E-state index contributed by atoms with van der Waals surface area (Å²) in [4.78, 5) is 10.2. The molecule has 0 spiro atoms. The third-order valence-corrected chi connectivity index (χ3v) is 13.9. The van der Waals surface area contributed by atoms with Gasteiger partial charge in [-0.15, -0.1) is 0 Å². The normalized spacial score (nSPS) is 11.6. The second kappa shape index (κ2) is 16.7. The molecule has 3 heterocycles. The van der Waals surface area contributed by atoms with Crippen molar-refractivity contribution < 1.29 is 0 Å². The lowest BCUT2D eigenvalue weighted by Gasteiger charge is -2.19. The summed E-state index contributed by atoms with van der Waals surface area (Å²) in [5, 5.41) is 16.4. The molecule has 0 bridgehead atoms. The zero-order valence-electron chi connectivity index (χ0n) is 40.1. The van der Waals surface area contributed by atoms with Crippen LogP contribution in [0.2, 0.25) is 0 Å². The largest absolute Gasteiger partial charge is 0.308 e. The molecule has 3 aromatic heterocycles. The summed E-state index contributed by atoms with van der Waals surface area (Å²) in [6.07, 6.45) is 0. The van der Waals surface area contributed by atoms with Crippen LogP contribution in [-0.2, 0) is 0 Å². The summed E-state index contributed by atoms with van der Waals surface area (Å²) in [5.74, 6) is 0.604. The Bertz CT molecular complexity index is 3700. The summed E-state index contributed by atoms with van der Waals surface area (Å²) in [6.45, 7) is 12.6. The third-order valence-electron chi connectivity index (χ3n) is 13.9. The van der Waals surface area contributed by atoms with Crippen LogP contribution < -0.4 is 0 Å². The molecule has 12 aromatic rings. The van der Waals surface area contributed by atoms with Crippen molar-refractivity contribution in [1.29, 1.82) is 5.26 Å². The Morgan fingerprint density at radius 2 is 0.629 bits per heavy atom. The number of rotatable bonds is 7. The van der Waals surface area contributed by atoms with Gasteiger partial charge in [-0.05, 0) is 129 Å². The average molecular weight is 900 g/mol. The van der Waals surface area contributed by atoms with Crippen molar-refractivity contribution in [3.8, 4) is 73.3 Å². The van der Waals surface area contributed by atoms with Crippen molar-refractivity contribution in [2.45, 2.75) is 41.5 Å². The quantitative estimate of drug-likeness (QED) is 0.160. The van der Waals surface area contributed by atoms with Gasteiger partial charge in [-0.1, -0.05) is 168 Å². The molecular weight excluding hydrogens is 851 g/mol. The van der Waals surface area contributed by atoms with Crippen LogP contribution in [0.5, 0.6) is 0 Å². The molecule has 0 atom stereocenters. The fourth-order valence-corrected chi connectivity index (χ4v) is 10.6. The van der Waals surface area contributed by atoms with Crippen LogP contribution in [0.4, 0.5) is 0 Å². The number of nitriles is 1. The molecule has 0 N–H and O–H groups in total. The van der Waals surface area contributed by atoms with Crippen LogP contribution in [-0.4, -0.2) is 19.1 Å². The molecule has 0 aliphatic carbocycles. The minimum absolute atomic E-state index is 0.537. The first kappa shape index (κ1) is 42.5. The number of nitrogens with zero attached hydrogens (tertiary/aromatic N) is 5. The second-order valence-electron chi connectivity index (χ2n) is 19.1. The van der Waals surface area contributed by atoms with Crippen molar-refractivity contribution in [2.24, 2.45) is 0 Å². The molecule has 0 aliphatic rings. The molecule has 0 saturated heterocycles. The Hall–Kier alpha value is -8.85. The smallest absolute Gasteiger partial charge is 0.159 e. The summed E-state index contributed by atoms with van der Waals surface area (Å²) in [6, 6.07) is 70.8. The molecule has 0 radical (unpaired) electrons. The van der Waals surface area contributed by atoms with Gasteiger partial charge in [0.25, 0.3) is 0 Å². The average Bonchev–Trinajstić information content (AvgIpc) is 3.86. The highest BCUT2D eigenvalue weighted by atomic mass is 15.0. The highest BCUT2D eigenvalue weighted by molar-refractivity contribution is 6.13. The molecule has 0 saturated carbocycles. The molecule has 5 heteroatoms. The van der Waals surface area contributed by atoms with Crippen molar-refractivity contribution in [3.05, 3.63) is 227 Å². The summed E-state index contributed by atoms with van der Waals surface area (Å²) < 4.78 is 4.64. The van der Waals surface area contributed by atoms with E-state index in [2.05, 4.69) is 225 Å². The van der Waals surface area contributed by atoms with E-state index in [4.69, 9.17) is 9.97 Å². The molecule has 12 rings (SSSR count). The van der Waals surface area contributed by atoms with Crippen LogP contribution in [0.25, 0.3) is 111 Å². The van der Waals surface area contributed by atoms with E-state index in [0.29, 0.717) is 11.4 Å². The zero-order chi connectivity index (χ0) is 47.8. The number of aryl methyl sites for hydroxylation is 6. The maximum atomic E-state index is 12.0. The summed E-state index contributed by atoms with van der Waals surface area (Å²) in [7, 11) is 0. The topological polar surface area (TPSA) is 59.4 Å². The minimum atomic E-state index is 0.537. The first-order chi connectivity index (χ1) is 34.1. The molecule has 0 unspecified atom stereocenters. The predicted molar refractivity (Wildman–Crippen MR) is 291 cm³/mol. The van der Waals surface area contributed by atoms with Crippen molar-refractivity contribution in [1.82, 2.24) is 19.1 Å². The van der Waals surface area contributed by atoms with E-state index < -0.39 is 0 Å². The van der Waals surface area contributed by atoms with Crippen LogP contribution in [0.1, 0.15) is 39.2 Å². The van der Waals surface area contributed by atoms with Gasteiger partial charge in [0.2, 0.25) is 0 Å². The van der Waals surface area contributed by atoms with Crippen LogP contribution >= 0.6 is 0 Å². The molecule has 0 amide bonds. The lowest BCUT2D eigenvalue weighted by molar-refractivity contribution is 1.05. The third kappa shape index (κ3) is 7.33. The van der Waals surface area contributed by atoms with Gasteiger partial charge < -0.3 is 9.13 Å². The van der Waals surface area contributed by atoms with Crippen LogP contribution in [0.15, 0.2) is 188 Å². The Morgan fingerprint density at radius 1 is 0.329 bits per heavy atom. The van der Waals surface area contributed by atoms with Crippen molar-refractivity contribution >= 4 is 43.6 Å². The van der Waals surface area contributed by atoms with Crippen LogP contribution in [0, 0.1) is 52.9 Å². The van der Waals surface area contributed by atoms with E-state index in [9.17, 15) is 5.26 Å². The van der Waals surface area contributed by atoms with E-state index in [-0.39, 0.29) is 0 Å². The summed E-state index contributed by atoms with van der Waals surface area (Å²) in [5.41, 5.74) is 22.3. The summed E-state index contributed by atoms with van der Waals surface area (Å²) >= 11 is 0. The molecule has 0 aliphatic heterocycles. The van der Waals surface area contributed by atoms with Gasteiger partial charge in [0.05, 0.1) is 33.4 Å². The molecular formula is C65H49N5. The SMILES string of the molecule is Cc1cccc(-c2ccc3c4ccc(-c5cccc(C)c5)cc4n(-c4cc(-c5nc(C)cc(C)n5)cc(-n5c6cc(-c7cccc(C)c7)ccc6c6ccc(-c7cccc(C)c7)cc65)c4C#N)c3c2)c1. The molecule has 334 valence electrons. The van der Waals surface area contributed by atoms with Gasteiger partial charge in [0, 0.05) is 38.5 Å². The van der Waals surface area contributed by atoms with E-state index >= 15 is 0 Å². The number of benzene rings is 9. The van der Waals surface area contributed by atoms with Gasteiger partial charge >= 0.3 is 0 Å². The standard InChI is InChI=1S/C65H49N5/c1-39-11-7-15-45(27-39)49-19-23-54-55-24-20-50(46-16-8-12-40(2)28-46)33-60(55)69(59(54)32-49)63-36-53(65-67-43(5)31-44(6)68-65)37-64(58(63)38-66)70-61-34-51(47-17-9-13-41(3)29-47)21-25-56(61)57-26-22-52(35-62(57)70)48-18-10-14-42(4)30-48/h7-37H,1-6H3. The predicted octanol–water partition coefficient (Wildman–Crippen LogP) is 16.7. The molecule has 70 heavy (non-hydrogen) atoms. The number of fused-ring (bicyclic) bond motifs is 6. The molecule has 0 fully saturated rings. The van der Waals surface area contributed by atoms with Crippen molar-refractivity contribution in [2.75, 3.05) is 0 Å². The van der Waals surface area contributed by atoms with Gasteiger partial charge in [-0.3, -0.25) is 0 Å². The Kier molecular flexibility index (Phi) is 10.2. The van der Waals surface area contributed by atoms with Gasteiger partial charge in [-0.2, -0.15) is 5.26 Å². The maximum absolute atomic E-state index is 12.0. The minimum Gasteiger partial charge on any atom is -0.308 e. The van der Waals surface area contributed by atoms with Gasteiger partial charge in [0.15, 0.2) is 5.82 Å². The van der Waals surface area contributed by atoms with E-state index in [1.165, 1.54) is 22.3 Å². The van der Waals surface area contributed by atoms with E-state index in [0.717, 1.165) is 116 Å². The van der Waals surface area contributed by atoms with Gasteiger partial charge in [0.1, 0.15) is 11.6 Å². The number of aromatic nitrogens is 4. The Morgan fingerprint density at radius 3 is 0.914 bits per heavy atom. The highest BCUT2D eigenvalue weighted by Crippen LogP contribution is 2.43. The fourth-order valence-electron chi connectivity index (χ4n) is 10.6. The maximum Gasteiger partial charge on any atom is 0.159 e. The van der Waals surface area contributed by atoms with Crippen molar-refractivity contribution in [3.63, 3.8) is 0 Å². The molecule has 5 nitrogen and oxygen atoms in total. The Labute approximate surface area is 408 Å². The lowest BCUT2D eigenvalue weighted by atomic mass is 10.0. The Balaban J connectivity index is 1.24. The highest BCUT2D eigenvalue weighted by Gasteiger charge is 2.25. The first-order valence-corrected chi connectivity index (χ1v) is 23.9. The first-order valence-electron chi connectivity index (χ1n) is 23.9. The van der Waals surface area contributed by atoms with Gasteiger partial charge in [-0.25, -0.2) is 9.97 Å². The number of hydrogen-bond donors (Lipinski definition) is 0. The zero-order valence-corrected chi connectivity index (χ0v) is 40.1. The molecule has 9 aromatic carbocycles. The van der Waals surface area contributed by atoms with E-state index in [1.54, 1.807) is 0 Å². The second-order valence-corrected chi connectivity index (χ2v) is 19.1. The monoisotopic (exact) mass is 899 g/mol. The lowest BCUT2D eigenvalue weighted by Crippen LogP contribution is -2.06. The van der Waals surface area contributed by atoms with Crippen LogP contribution in [0.3, 0.4) is 0 Å². The van der Waals surface area contributed by atoms with E-state index in [1.807, 2.05) is 19.9 Å². The fraction of sp³-hybridized carbons (Fsp3) is 0.0923. The number of hydrogen-bond acceptors (Lipinski definition) is 3.